The first kappa shape index (κ1) is 15.8. The van der Waals surface area contributed by atoms with E-state index in [-0.39, 0.29) is 11.5 Å². The van der Waals surface area contributed by atoms with Crippen LogP contribution in [0.5, 0.6) is 0 Å². The number of benzene rings is 1. The van der Waals surface area contributed by atoms with Crippen molar-refractivity contribution < 1.29 is 0 Å². The highest BCUT2D eigenvalue weighted by molar-refractivity contribution is 6.35. The smallest absolute Gasteiger partial charge is 0.0468 e. The fraction of sp³-hybridized carbons (Fsp3) is 0.600. The van der Waals surface area contributed by atoms with E-state index in [1.54, 1.807) is 0 Å². The Balaban J connectivity index is 2.90. The van der Waals surface area contributed by atoms with E-state index in [2.05, 4.69) is 39.9 Å². The Kier molecular flexibility index (Phi) is 5.51. The molecule has 0 aromatic heterocycles. The molecular formula is C15H23Cl2N. The number of nitrogens with one attached hydrogen (secondary N) is 1. The Labute approximate surface area is 121 Å². The van der Waals surface area contributed by atoms with Gasteiger partial charge < -0.3 is 5.32 Å². The predicted molar refractivity (Wildman–Crippen MR) is 81.5 cm³/mol. The maximum Gasteiger partial charge on any atom is 0.0468 e. The van der Waals surface area contributed by atoms with Crippen LogP contribution in [0.4, 0.5) is 0 Å². The van der Waals surface area contributed by atoms with Gasteiger partial charge in [-0.2, -0.15) is 0 Å². The van der Waals surface area contributed by atoms with Crippen molar-refractivity contribution in [3.8, 4) is 0 Å². The van der Waals surface area contributed by atoms with Crippen LogP contribution in [-0.2, 0) is 0 Å². The quantitative estimate of drug-likeness (QED) is 0.774. The van der Waals surface area contributed by atoms with Gasteiger partial charge in [0.1, 0.15) is 0 Å². The first-order valence-corrected chi connectivity index (χ1v) is 7.22. The molecule has 1 nitrogen and oxygen atoms in total. The summed E-state index contributed by atoms with van der Waals surface area (Å²) in [6.45, 7) is 11.1. The van der Waals surface area contributed by atoms with Crippen LogP contribution < -0.4 is 5.32 Å². The highest BCUT2D eigenvalue weighted by Crippen LogP contribution is 2.30. The summed E-state index contributed by atoms with van der Waals surface area (Å²) in [6.07, 6.45) is 1.00. The molecule has 1 N–H and O–H groups in total. The lowest BCUT2D eigenvalue weighted by molar-refractivity contribution is 0.260. The average Bonchev–Trinajstić information content (AvgIpc) is 2.25. The molecule has 0 bridgehead atoms. The van der Waals surface area contributed by atoms with Gasteiger partial charge >= 0.3 is 0 Å². The van der Waals surface area contributed by atoms with Gasteiger partial charge in [-0.25, -0.2) is 0 Å². The lowest BCUT2D eigenvalue weighted by Crippen LogP contribution is -2.39. The molecule has 0 aliphatic rings. The maximum absolute atomic E-state index is 6.28. The molecule has 2 unspecified atom stereocenters. The van der Waals surface area contributed by atoms with Crippen LogP contribution in [0.3, 0.4) is 0 Å². The Morgan fingerprint density at radius 1 is 1.22 bits per heavy atom. The van der Waals surface area contributed by atoms with Gasteiger partial charge in [-0.1, -0.05) is 57.0 Å². The molecular weight excluding hydrogens is 265 g/mol. The summed E-state index contributed by atoms with van der Waals surface area (Å²) >= 11 is 12.2. The van der Waals surface area contributed by atoms with Crippen LogP contribution >= 0.6 is 23.2 Å². The van der Waals surface area contributed by atoms with Crippen LogP contribution in [0.15, 0.2) is 18.2 Å². The lowest BCUT2D eigenvalue weighted by atomic mass is 9.87. The molecule has 0 radical (unpaired) electrons. The number of hydrogen-bond donors (Lipinski definition) is 1. The van der Waals surface area contributed by atoms with E-state index in [0.29, 0.717) is 11.1 Å². The molecule has 0 aliphatic carbocycles. The Morgan fingerprint density at radius 2 is 1.83 bits per heavy atom. The van der Waals surface area contributed by atoms with Crippen LogP contribution in [0.25, 0.3) is 0 Å². The summed E-state index contributed by atoms with van der Waals surface area (Å²) in [5, 5.41) is 5.08. The second-order valence-electron chi connectivity index (χ2n) is 5.88. The maximum atomic E-state index is 6.28. The second-order valence-corrected chi connectivity index (χ2v) is 6.72. The van der Waals surface area contributed by atoms with E-state index in [1.807, 2.05) is 18.2 Å². The zero-order valence-corrected chi connectivity index (χ0v) is 13.4. The largest absolute Gasteiger partial charge is 0.307 e. The van der Waals surface area contributed by atoms with E-state index in [0.717, 1.165) is 17.0 Å². The third-order valence-corrected chi connectivity index (χ3v) is 4.06. The van der Waals surface area contributed by atoms with E-state index in [4.69, 9.17) is 23.2 Å². The number of hydrogen-bond acceptors (Lipinski definition) is 1. The van der Waals surface area contributed by atoms with Gasteiger partial charge in [-0.3, -0.25) is 0 Å². The molecule has 0 spiro atoms. The molecule has 2 atom stereocenters. The van der Waals surface area contributed by atoms with Gasteiger partial charge in [0.05, 0.1) is 0 Å². The second kappa shape index (κ2) is 6.27. The van der Waals surface area contributed by atoms with E-state index >= 15 is 0 Å². The molecule has 18 heavy (non-hydrogen) atoms. The topological polar surface area (TPSA) is 12.0 Å². The fourth-order valence-electron chi connectivity index (χ4n) is 1.76. The van der Waals surface area contributed by atoms with Crippen molar-refractivity contribution in [3.05, 3.63) is 33.8 Å². The van der Waals surface area contributed by atoms with Gasteiger partial charge in [0.25, 0.3) is 0 Å². The van der Waals surface area contributed by atoms with Gasteiger partial charge in [0.2, 0.25) is 0 Å². The number of rotatable bonds is 4. The van der Waals surface area contributed by atoms with Gasteiger partial charge in [0.15, 0.2) is 0 Å². The van der Waals surface area contributed by atoms with Crippen molar-refractivity contribution in [3.63, 3.8) is 0 Å². The van der Waals surface area contributed by atoms with Crippen LogP contribution in [-0.4, -0.2) is 6.04 Å². The summed E-state index contributed by atoms with van der Waals surface area (Å²) in [4.78, 5) is 0. The normalized spacial score (nSPS) is 15.5. The fourth-order valence-corrected chi connectivity index (χ4v) is 2.30. The van der Waals surface area contributed by atoms with Crippen LogP contribution in [0.1, 0.15) is 52.6 Å². The third-order valence-electron chi connectivity index (χ3n) is 3.50. The Bertz CT molecular complexity index is 396. The van der Waals surface area contributed by atoms with Crippen molar-refractivity contribution >= 4 is 23.2 Å². The van der Waals surface area contributed by atoms with Crippen molar-refractivity contribution in [2.45, 2.75) is 53.1 Å². The molecule has 0 fully saturated rings. The minimum Gasteiger partial charge on any atom is -0.307 e. The van der Waals surface area contributed by atoms with Gasteiger partial charge in [-0.15, -0.1) is 0 Å². The molecule has 0 saturated carbocycles. The summed E-state index contributed by atoms with van der Waals surface area (Å²) < 4.78 is 0. The first-order valence-electron chi connectivity index (χ1n) is 6.46. The molecule has 102 valence electrons. The van der Waals surface area contributed by atoms with Crippen LogP contribution in [0, 0.1) is 5.41 Å². The van der Waals surface area contributed by atoms with E-state index in [1.165, 1.54) is 0 Å². The van der Waals surface area contributed by atoms with Crippen molar-refractivity contribution in [2.75, 3.05) is 0 Å². The highest BCUT2D eigenvalue weighted by Gasteiger charge is 2.23. The third kappa shape index (κ3) is 4.15. The summed E-state index contributed by atoms with van der Waals surface area (Å²) in [6, 6.07) is 6.40. The molecule has 0 heterocycles. The average molecular weight is 288 g/mol. The van der Waals surface area contributed by atoms with E-state index < -0.39 is 0 Å². The van der Waals surface area contributed by atoms with E-state index in [9.17, 15) is 0 Å². The summed E-state index contributed by atoms with van der Waals surface area (Å²) in [5.41, 5.74) is 1.35. The van der Waals surface area contributed by atoms with Gasteiger partial charge in [0, 0.05) is 22.1 Å². The minimum absolute atomic E-state index is 0.228. The monoisotopic (exact) mass is 287 g/mol. The summed E-state index contributed by atoms with van der Waals surface area (Å²) in [7, 11) is 0. The molecule has 0 amide bonds. The molecule has 0 saturated heterocycles. The number of halogens is 2. The van der Waals surface area contributed by atoms with Gasteiger partial charge in [-0.05, 0) is 36.5 Å². The van der Waals surface area contributed by atoms with Crippen molar-refractivity contribution in [2.24, 2.45) is 5.41 Å². The molecule has 3 heteroatoms. The Hall–Kier alpha value is -0.240. The lowest BCUT2D eigenvalue weighted by Gasteiger charge is -2.32. The molecule has 1 rings (SSSR count). The van der Waals surface area contributed by atoms with Crippen LogP contribution in [0.2, 0.25) is 10.0 Å². The standard InChI is InChI=1S/C15H23Cl2N/c1-6-14(18-10(2)15(3,4)5)12-8-7-11(16)9-13(12)17/h7-10,14,18H,6H2,1-5H3. The predicted octanol–water partition coefficient (Wildman–Crippen LogP) is 5.47. The molecule has 1 aromatic rings. The zero-order chi connectivity index (χ0) is 13.9. The molecule has 1 aromatic carbocycles. The highest BCUT2D eigenvalue weighted by atomic mass is 35.5. The zero-order valence-electron chi connectivity index (χ0n) is 11.8. The first-order chi connectivity index (χ1) is 8.25. The molecule has 0 aliphatic heterocycles. The summed E-state index contributed by atoms with van der Waals surface area (Å²) in [5.74, 6) is 0. The SMILES string of the molecule is CCC(NC(C)C(C)(C)C)c1ccc(Cl)cc1Cl. The minimum atomic E-state index is 0.228. The Morgan fingerprint density at radius 3 is 2.28 bits per heavy atom. The van der Waals surface area contributed by atoms with Crippen molar-refractivity contribution in [1.82, 2.24) is 5.32 Å². The van der Waals surface area contributed by atoms with Crippen molar-refractivity contribution in [1.29, 1.82) is 0 Å².